The molecule has 4 heteroatoms. The van der Waals surface area contributed by atoms with Crippen molar-refractivity contribution in [3.8, 4) is 0 Å². The third kappa shape index (κ3) is 2.81. The number of allylic oxidation sites excluding steroid dienone is 2. The molecule has 5 aliphatic rings. The Balaban J connectivity index is 1.60. The van der Waals surface area contributed by atoms with Gasteiger partial charge in [-0.15, -0.1) is 0 Å². The minimum absolute atomic E-state index is 0.0333. The molecule has 4 nitrogen and oxygen atoms in total. The summed E-state index contributed by atoms with van der Waals surface area (Å²) in [6.45, 7) is 16.2. The van der Waals surface area contributed by atoms with Crippen LogP contribution in [0.2, 0.25) is 0 Å². The Morgan fingerprint density at radius 2 is 1.50 bits per heavy atom. The second kappa shape index (κ2) is 7.33. The summed E-state index contributed by atoms with van der Waals surface area (Å²) in [5, 5.41) is 43.9. The second-order valence-electron chi connectivity index (χ2n) is 15.2. The van der Waals surface area contributed by atoms with E-state index >= 15 is 0 Å². The lowest BCUT2D eigenvalue weighted by Gasteiger charge is -2.72. The highest BCUT2D eigenvalue weighted by Gasteiger charge is 2.69. The summed E-state index contributed by atoms with van der Waals surface area (Å²) in [4.78, 5) is 0. The number of hydrogen-bond donors (Lipinski definition) is 4. The third-order valence-electron chi connectivity index (χ3n) is 13.4. The average molecular weight is 475 g/mol. The maximum Gasteiger partial charge on any atom is 0.0888 e. The lowest BCUT2D eigenvalue weighted by atomic mass is 9.33. The van der Waals surface area contributed by atoms with Crippen molar-refractivity contribution in [1.29, 1.82) is 0 Å². The number of aliphatic hydroxyl groups is 4. The highest BCUT2D eigenvalue weighted by atomic mass is 16.3. The molecule has 0 aliphatic heterocycles. The second-order valence-corrected chi connectivity index (χ2v) is 15.2. The molecule has 0 saturated heterocycles. The Morgan fingerprint density at radius 1 is 0.824 bits per heavy atom. The topological polar surface area (TPSA) is 80.9 Å². The fourth-order valence-corrected chi connectivity index (χ4v) is 10.8. The van der Waals surface area contributed by atoms with Crippen LogP contribution in [0.25, 0.3) is 0 Å². The zero-order valence-corrected chi connectivity index (χ0v) is 22.7. The summed E-state index contributed by atoms with van der Waals surface area (Å²) in [6.07, 6.45) is 8.54. The van der Waals surface area contributed by atoms with Crippen LogP contribution in [0.4, 0.5) is 0 Å². The standard InChI is InChI=1S/C30H50O4/c1-25(2)16-19-18-8-9-21-27(5)12-11-22(32)26(3,4)20(27)10-13-29(21,7)28(18,6)14-15-30(19,17-31)24(34)23(25)33/h8,19-24,31-34H,9-17H2,1-7H3/t19-,20-,21+,22+,23+,24-,27-,28+,29+,30-/m0/s1. The van der Waals surface area contributed by atoms with E-state index in [1.807, 2.05) is 0 Å². The molecule has 0 bridgehead atoms. The normalized spacial score (nSPS) is 55.8. The van der Waals surface area contributed by atoms with Gasteiger partial charge in [-0.2, -0.15) is 0 Å². The van der Waals surface area contributed by atoms with Crippen molar-refractivity contribution < 1.29 is 20.4 Å². The molecule has 0 amide bonds. The first-order chi connectivity index (χ1) is 15.6. The van der Waals surface area contributed by atoms with Crippen LogP contribution >= 0.6 is 0 Å². The summed E-state index contributed by atoms with van der Waals surface area (Å²) >= 11 is 0. The Labute approximate surface area is 207 Å². The van der Waals surface area contributed by atoms with E-state index in [0.717, 1.165) is 38.5 Å². The van der Waals surface area contributed by atoms with Crippen molar-refractivity contribution in [1.82, 2.24) is 0 Å². The van der Waals surface area contributed by atoms with Crippen LogP contribution in [0.1, 0.15) is 99.8 Å². The molecule has 34 heavy (non-hydrogen) atoms. The van der Waals surface area contributed by atoms with Crippen molar-refractivity contribution in [3.63, 3.8) is 0 Å². The van der Waals surface area contributed by atoms with Gasteiger partial charge < -0.3 is 20.4 Å². The molecular weight excluding hydrogens is 424 g/mol. The van der Waals surface area contributed by atoms with Crippen LogP contribution in [0.15, 0.2) is 11.6 Å². The Morgan fingerprint density at radius 3 is 2.15 bits per heavy atom. The molecule has 0 unspecified atom stereocenters. The van der Waals surface area contributed by atoms with Crippen LogP contribution in [0, 0.1) is 50.2 Å². The zero-order valence-electron chi connectivity index (χ0n) is 22.7. The van der Waals surface area contributed by atoms with Crippen molar-refractivity contribution in [3.05, 3.63) is 11.6 Å². The Bertz CT molecular complexity index is 877. The third-order valence-corrected chi connectivity index (χ3v) is 13.4. The molecule has 4 N–H and O–H groups in total. The van der Waals surface area contributed by atoms with Gasteiger partial charge in [-0.1, -0.05) is 60.1 Å². The van der Waals surface area contributed by atoms with Gasteiger partial charge >= 0.3 is 0 Å². The van der Waals surface area contributed by atoms with Gasteiger partial charge in [-0.3, -0.25) is 0 Å². The molecule has 0 radical (unpaired) electrons. The first-order valence-corrected chi connectivity index (χ1v) is 14.0. The van der Waals surface area contributed by atoms with Gasteiger partial charge in [0.2, 0.25) is 0 Å². The van der Waals surface area contributed by atoms with Crippen LogP contribution in [0.5, 0.6) is 0 Å². The van der Waals surface area contributed by atoms with Gasteiger partial charge in [-0.25, -0.2) is 0 Å². The predicted octanol–water partition coefficient (Wildman–Crippen LogP) is 5.08. The van der Waals surface area contributed by atoms with E-state index in [2.05, 4.69) is 54.5 Å². The first kappa shape index (κ1) is 25.2. The van der Waals surface area contributed by atoms with Crippen molar-refractivity contribution in [2.24, 2.45) is 50.2 Å². The SMILES string of the molecule is CC1(C)C[C@H]2C3=CC[C@@H]4[C@@]5(C)CC[C@@H](O)C(C)(C)[C@@H]5CC[C@@]4(C)[C@]3(C)CC[C@@]2(CO)[C@@H](O)[C@H]1O. The van der Waals surface area contributed by atoms with Gasteiger partial charge in [0.15, 0.2) is 0 Å². The van der Waals surface area contributed by atoms with Crippen LogP contribution in [-0.2, 0) is 0 Å². The van der Waals surface area contributed by atoms with Gasteiger partial charge in [0.25, 0.3) is 0 Å². The van der Waals surface area contributed by atoms with E-state index in [9.17, 15) is 20.4 Å². The van der Waals surface area contributed by atoms with E-state index in [0.29, 0.717) is 11.8 Å². The summed E-state index contributed by atoms with van der Waals surface area (Å²) in [6, 6.07) is 0. The largest absolute Gasteiger partial charge is 0.396 e. The average Bonchev–Trinajstić information content (AvgIpc) is 2.76. The van der Waals surface area contributed by atoms with E-state index < -0.39 is 17.6 Å². The van der Waals surface area contributed by atoms with Crippen molar-refractivity contribution in [2.45, 2.75) is 118 Å². The lowest BCUT2D eigenvalue weighted by Crippen LogP contribution is -2.67. The number of rotatable bonds is 1. The van der Waals surface area contributed by atoms with Gasteiger partial charge in [0, 0.05) is 5.41 Å². The van der Waals surface area contributed by atoms with Crippen LogP contribution < -0.4 is 0 Å². The monoisotopic (exact) mass is 474 g/mol. The van der Waals surface area contributed by atoms with Crippen molar-refractivity contribution >= 4 is 0 Å². The van der Waals surface area contributed by atoms with Gasteiger partial charge in [0.1, 0.15) is 0 Å². The molecule has 10 atom stereocenters. The fraction of sp³-hybridized carbons (Fsp3) is 0.933. The molecule has 4 fully saturated rings. The molecule has 194 valence electrons. The minimum atomic E-state index is -0.892. The molecule has 4 saturated carbocycles. The predicted molar refractivity (Wildman–Crippen MR) is 135 cm³/mol. The van der Waals surface area contributed by atoms with Crippen LogP contribution in [-0.4, -0.2) is 45.3 Å². The molecular formula is C30H50O4. The summed E-state index contributed by atoms with van der Waals surface area (Å²) < 4.78 is 0. The molecule has 0 aromatic rings. The van der Waals surface area contributed by atoms with E-state index in [-0.39, 0.29) is 45.7 Å². The first-order valence-electron chi connectivity index (χ1n) is 14.0. The van der Waals surface area contributed by atoms with Gasteiger partial charge in [0.05, 0.1) is 24.9 Å². The Kier molecular flexibility index (Phi) is 5.44. The number of hydrogen-bond acceptors (Lipinski definition) is 4. The summed E-state index contributed by atoms with van der Waals surface area (Å²) in [5.74, 6) is 1.22. The van der Waals surface area contributed by atoms with E-state index in [1.165, 1.54) is 18.4 Å². The molecule has 0 aromatic carbocycles. The number of aliphatic hydroxyl groups excluding tert-OH is 4. The fourth-order valence-electron chi connectivity index (χ4n) is 10.8. The van der Waals surface area contributed by atoms with Crippen molar-refractivity contribution in [2.75, 3.05) is 6.61 Å². The van der Waals surface area contributed by atoms with Gasteiger partial charge in [-0.05, 0) is 96.2 Å². The maximum atomic E-state index is 11.3. The summed E-state index contributed by atoms with van der Waals surface area (Å²) in [5.41, 5.74) is 0.801. The molecule has 5 aliphatic carbocycles. The molecule has 5 rings (SSSR count). The quantitative estimate of drug-likeness (QED) is 0.399. The van der Waals surface area contributed by atoms with E-state index in [4.69, 9.17) is 0 Å². The summed E-state index contributed by atoms with van der Waals surface area (Å²) in [7, 11) is 0. The maximum absolute atomic E-state index is 11.3. The highest BCUT2D eigenvalue weighted by molar-refractivity contribution is 5.35. The molecule has 0 spiro atoms. The minimum Gasteiger partial charge on any atom is -0.396 e. The van der Waals surface area contributed by atoms with Crippen LogP contribution in [0.3, 0.4) is 0 Å². The zero-order chi connectivity index (χ0) is 25.1. The highest BCUT2D eigenvalue weighted by Crippen LogP contribution is 2.75. The van der Waals surface area contributed by atoms with E-state index in [1.54, 1.807) is 0 Å². The lowest BCUT2D eigenvalue weighted by molar-refractivity contribution is -0.227. The molecule has 0 heterocycles. The smallest absolute Gasteiger partial charge is 0.0888 e. The molecule has 0 aromatic heterocycles. The number of fused-ring (bicyclic) bond motifs is 7. The Hall–Kier alpha value is -0.420.